The van der Waals surface area contributed by atoms with Gasteiger partial charge in [0.05, 0.1) is 0 Å². The first-order chi connectivity index (χ1) is 13.3. The number of hydrogen-bond donors (Lipinski definition) is 2. The van der Waals surface area contributed by atoms with E-state index in [9.17, 15) is 4.79 Å². The van der Waals surface area contributed by atoms with Gasteiger partial charge in [0, 0.05) is 58.6 Å². The quantitative estimate of drug-likeness (QED) is 0.448. The van der Waals surface area contributed by atoms with Crippen LogP contribution in [0, 0.1) is 0 Å². The molecule has 3 rings (SSSR count). The highest BCUT2D eigenvalue weighted by molar-refractivity contribution is 5.82. The summed E-state index contributed by atoms with van der Waals surface area (Å²) in [6.45, 7) is 5.57. The van der Waals surface area contributed by atoms with Crippen molar-refractivity contribution < 1.29 is 9.53 Å². The zero-order valence-electron chi connectivity index (χ0n) is 16.2. The summed E-state index contributed by atoms with van der Waals surface area (Å²) in [7, 11) is 1.81. The van der Waals surface area contributed by atoms with Crippen LogP contribution < -0.4 is 10.6 Å². The summed E-state index contributed by atoms with van der Waals surface area (Å²) in [4.78, 5) is 21.0. The lowest BCUT2D eigenvalue weighted by Crippen LogP contribution is -2.55. The molecule has 0 spiro atoms. The van der Waals surface area contributed by atoms with Crippen molar-refractivity contribution in [2.75, 3.05) is 58.2 Å². The van der Waals surface area contributed by atoms with Crippen molar-refractivity contribution in [3.05, 3.63) is 30.3 Å². The number of piperazine rings is 1. The molecule has 0 saturated carbocycles. The standard InChI is InChI=1S/C20H31N5O2/c1-21-20(23-11-6-10-22-17-7-3-2-4-8-17)25-14-12-24(13-15-25)19(26)18-9-5-16-27-18/h2-4,7-8,18,22H,5-6,9-16H2,1H3,(H,21,23). The summed E-state index contributed by atoms with van der Waals surface area (Å²) in [6, 6.07) is 10.2. The van der Waals surface area contributed by atoms with Crippen molar-refractivity contribution in [1.29, 1.82) is 0 Å². The molecular formula is C20H31N5O2. The Kier molecular flexibility index (Phi) is 7.33. The predicted octanol–water partition coefficient (Wildman–Crippen LogP) is 1.39. The van der Waals surface area contributed by atoms with Crippen molar-refractivity contribution in [2.24, 2.45) is 4.99 Å². The van der Waals surface area contributed by atoms with Gasteiger partial charge in [0.1, 0.15) is 6.10 Å². The molecule has 2 aliphatic heterocycles. The maximum Gasteiger partial charge on any atom is 0.251 e. The van der Waals surface area contributed by atoms with E-state index in [1.54, 1.807) is 0 Å². The molecule has 2 N–H and O–H groups in total. The maximum atomic E-state index is 12.4. The van der Waals surface area contributed by atoms with Gasteiger partial charge in [-0.25, -0.2) is 0 Å². The molecule has 2 fully saturated rings. The van der Waals surface area contributed by atoms with E-state index in [1.165, 1.54) is 0 Å². The Balaban J connectivity index is 1.34. The largest absolute Gasteiger partial charge is 0.385 e. The number of hydrogen-bond acceptors (Lipinski definition) is 4. The number of carbonyl (C=O) groups excluding carboxylic acids is 1. The normalized spacial score (nSPS) is 20.6. The molecule has 0 bridgehead atoms. The van der Waals surface area contributed by atoms with Crippen LogP contribution in [0.1, 0.15) is 19.3 Å². The van der Waals surface area contributed by atoms with E-state index in [2.05, 4.69) is 32.7 Å². The second kappa shape index (κ2) is 10.2. The third-order valence-corrected chi connectivity index (χ3v) is 5.05. The summed E-state index contributed by atoms with van der Waals surface area (Å²) in [5.74, 6) is 1.07. The van der Waals surface area contributed by atoms with E-state index >= 15 is 0 Å². The third kappa shape index (κ3) is 5.60. The fourth-order valence-electron chi connectivity index (χ4n) is 3.52. The van der Waals surface area contributed by atoms with E-state index in [-0.39, 0.29) is 12.0 Å². The number of guanidine groups is 1. The Hall–Kier alpha value is -2.28. The predicted molar refractivity (Wildman–Crippen MR) is 108 cm³/mol. The molecule has 7 nitrogen and oxygen atoms in total. The minimum Gasteiger partial charge on any atom is -0.385 e. The van der Waals surface area contributed by atoms with Gasteiger partial charge in [0.15, 0.2) is 5.96 Å². The molecule has 7 heteroatoms. The molecule has 1 unspecified atom stereocenters. The van der Waals surface area contributed by atoms with E-state index in [0.717, 1.165) is 70.2 Å². The number of nitrogens with one attached hydrogen (secondary N) is 2. The molecule has 2 saturated heterocycles. The Bertz CT molecular complexity index is 608. The van der Waals surface area contributed by atoms with Crippen LogP contribution in [0.25, 0.3) is 0 Å². The first-order valence-corrected chi connectivity index (χ1v) is 9.93. The molecule has 2 aliphatic rings. The van der Waals surface area contributed by atoms with Crippen molar-refractivity contribution in [2.45, 2.75) is 25.4 Å². The average Bonchev–Trinajstić information content (AvgIpc) is 3.26. The monoisotopic (exact) mass is 373 g/mol. The maximum absolute atomic E-state index is 12.4. The summed E-state index contributed by atoms with van der Waals surface area (Å²) < 4.78 is 5.52. The first kappa shape index (κ1) is 19.5. The second-order valence-electron chi connectivity index (χ2n) is 6.93. The molecule has 0 aliphatic carbocycles. The van der Waals surface area contributed by atoms with Gasteiger partial charge in [-0.15, -0.1) is 0 Å². The van der Waals surface area contributed by atoms with Gasteiger partial charge in [0.2, 0.25) is 0 Å². The topological polar surface area (TPSA) is 69.2 Å². The number of para-hydroxylation sites is 1. The summed E-state index contributed by atoms with van der Waals surface area (Å²) in [6.07, 6.45) is 2.64. The molecule has 2 heterocycles. The molecule has 1 amide bonds. The Labute approximate surface area is 161 Å². The smallest absolute Gasteiger partial charge is 0.251 e. The van der Waals surface area contributed by atoms with Crippen molar-refractivity contribution in [3.8, 4) is 0 Å². The minimum absolute atomic E-state index is 0.155. The lowest BCUT2D eigenvalue weighted by molar-refractivity contribution is -0.142. The van der Waals surface area contributed by atoms with Crippen LogP contribution in [0.15, 0.2) is 35.3 Å². The minimum atomic E-state index is -0.217. The molecule has 1 atom stereocenters. The van der Waals surface area contributed by atoms with Crippen LogP contribution in [0.2, 0.25) is 0 Å². The molecule has 148 valence electrons. The summed E-state index contributed by atoms with van der Waals surface area (Å²) in [5, 5.41) is 6.84. The number of rotatable bonds is 6. The zero-order chi connectivity index (χ0) is 18.9. The SMILES string of the molecule is CN=C(NCCCNc1ccccc1)N1CCN(C(=O)C2CCCO2)CC1. The lowest BCUT2D eigenvalue weighted by Gasteiger charge is -2.37. The van der Waals surface area contributed by atoms with Crippen LogP contribution >= 0.6 is 0 Å². The fourth-order valence-corrected chi connectivity index (χ4v) is 3.52. The second-order valence-corrected chi connectivity index (χ2v) is 6.93. The number of aliphatic imine (C=N–C) groups is 1. The molecule has 0 aromatic heterocycles. The van der Waals surface area contributed by atoms with Gasteiger partial charge in [0.25, 0.3) is 5.91 Å². The van der Waals surface area contributed by atoms with E-state index in [0.29, 0.717) is 6.61 Å². The molecule has 1 aromatic carbocycles. The first-order valence-electron chi connectivity index (χ1n) is 9.93. The molecule has 27 heavy (non-hydrogen) atoms. The molecular weight excluding hydrogens is 342 g/mol. The van der Waals surface area contributed by atoms with Gasteiger partial charge in [-0.2, -0.15) is 0 Å². The van der Waals surface area contributed by atoms with Gasteiger partial charge >= 0.3 is 0 Å². The number of amides is 1. The number of nitrogens with zero attached hydrogens (tertiary/aromatic N) is 3. The van der Waals surface area contributed by atoms with E-state index < -0.39 is 0 Å². The highest BCUT2D eigenvalue weighted by Gasteiger charge is 2.30. The Morgan fingerprint density at radius 2 is 1.89 bits per heavy atom. The lowest BCUT2D eigenvalue weighted by atomic mass is 10.2. The fraction of sp³-hybridized carbons (Fsp3) is 0.600. The number of anilines is 1. The van der Waals surface area contributed by atoms with Crippen LogP contribution in [-0.4, -0.2) is 80.7 Å². The average molecular weight is 374 g/mol. The Morgan fingerprint density at radius 3 is 2.56 bits per heavy atom. The highest BCUT2D eigenvalue weighted by atomic mass is 16.5. The molecule has 0 radical (unpaired) electrons. The van der Waals surface area contributed by atoms with Gasteiger partial charge in [-0.1, -0.05) is 18.2 Å². The van der Waals surface area contributed by atoms with Crippen LogP contribution in [-0.2, 0) is 9.53 Å². The van der Waals surface area contributed by atoms with Gasteiger partial charge in [-0.05, 0) is 31.4 Å². The number of benzene rings is 1. The van der Waals surface area contributed by atoms with E-state index in [4.69, 9.17) is 4.74 Å². The zero-order valence-corrected chi connectivity index (χ0v) is 16.2. The van der Waals surface area contributed by atoms with E-state index in [1.807, 2.05) is 30.1 Å². The highest BCUT2D eigenvalue weighted by Crippen LogP contribution is 2.16. The van der Waals surface area contributed by atoms with Crippen LogP contribution in [0.3, 0.4) is 0 Å². The Morgan fingerprint density at radius 1 is 1.15 bits per heavy atom. The summed E-state index contributed by atoms with van der Waals surface area (Å²) in [5.41, 5.74) is 1.15. The number of carbonyl (C=O) groups is 1. The third-order valence-electron chi connectivity index (χ3n) is 5.05. The molecule has 1 aromatic rings. The summed E-state index contributed by atoms with van der Waals surface area (Å²) >= 11 is 0. The van der Waals surface area contributed by atoms with Crippen molar-refractivity contribution >= 4 is 17.6 Å². The van der Waals surface area contributed by atoms with Gasteiger partial charge < -0.3 is 25.2 Å². The number of ether oxygens (including phenoxy) is 1. The van der Waals surface area contributed by atoms with Crippen LogP contribution in [0.5, 0.6) is 0 Å². The van der Waals surface area contributed by atoms with Gasteiger partial charge in [-0.3, -0.25) is 9.79 Å². The van der Waals surface area contributed by atoms with Crippen molar-refractivity contribution in [3.63, 3.8) is 0 Å². The van der Waals surface area contributed by atoms with Crippen molar-refractivity contribution in [1.82, 2.24) is 15.1 Å². The van der Waals surface area contributed by atoms with Crippen LogP contribution in [0.4, 0.5) is 5.69 Å².